The molecule has 5 heteroatoms. The Hall–Kier alpha value is -1.46. The van der Waals surface area contributed by atoms with Gasteiger partial charge in [0.2, 0.25) is 0 Å². The summed E-state index contributed by atoms with van der Waals surface area (Å²) >= 11 is 0. The molecule has 0 N–H and O–H groups in total. The second-order valence-electron chi connectivity index (χ2n) is 6.16. The highest BCUT2D eigenvalue weighted by atomic mass is 32.2. The molecule has 0 radical (unpaired) electrons. The number of imidazole rings is 1. The molecule has 0 saturated heterocycles. The van der Waals surface area contributed by atoms with E-state index in [1.54, 1.807) is 7.11 Å². The summed E-state index contributed by atoms with van der Waals surface area (Å²) in [7, 11) is 0.542. The van der Waals surface area contributed by atoms with Gasteiger partial charge in [0.15, 0.2) is 5.16 Å². The van der Waals surface area contributed by atoms with Gasteiger partial charge in [-0.15, -0.1) is 0 Å². The number of hydrogen-bond donors (Lipinski definition) is 0. The van der Waals surface area contributed by atoms with E-state index in [-0.39, 0.29) is 0 Å². The van der Waals surface area contributed by atoms with Gasteiger partial charge in [-0.1, -0.05) is 18.2 Å². The molecule has 2 aromatic rings. The molecule has 1 aromatic heterocycles. The first kappa shape index (κ1) is 16.4. The minimum Gasteiger partial charge on any atom is -0.383 e. The molecule has 0 bridgehead atoms. The van der Waals surface area contributed by atoms with Crippen molar-refractivity contribution in [3.05, 3.63) is 46.3 Å². The Morgan fingerprint density at radius 3 is 2.83 bits per heavy atom. The molecule has 1 aliphatic rings. The van der Waals surface area contributed by atoms with Crippen LogP contribution in [-0.4, -0.2) is 27.5 Å². The van der Waals surface area contributed by atoms with E-state index in [2.05, 4.69) is 23.2 Å². The van der Waals surface area contributed by atoms with E-state index in [1.807, 2.05) is 18.4 Å². The zero-order chi connectivity index (χ0) is 16.4. The van der Waals surface area contributed by atoms with Crippen LogP contribution in [0.25, 0.3) is 0 Å². The third kappa shape index (κ3) is 3.40. The van der Waals surface area contributed by atoms with Crippen molar-refractivity contribution in [3.8, 4) is 0 Å². The normalized spacial score (nSPS) is 14.9. The van der Waals surface area contributed by atoms with Crippen LogP contribution < -0.4 is 0 Å². The van der Waals surface area contributed by atoms with Gasteiger partial charge in [-0.25, -0.2) is 4.98 Å². The average Bonchev–Trinajstić information content (AvgIpc) is 3.11. The molecule has 1 aromatic carbocycles. The van der Waals surface area contributed by atoms with Gasteiger partial charge in [-0.3, -0.25) is 4.21 Å². The molecule has 1 aliphatic carbocycles. The number of aryl methyl sites for hydroxylation is 3. The van der Waals surface area contributed by atoms with Gasteiger partial charge in [0.1, 0.15) is 0 Å². The van der Waals surface area contributed by atoms with E-state index < -0.39 is 10.8 Å². The number of benzene rings is 1. The van der Waals surface area contributed by atoms with Gasteiger partial charge in [0.05, 0.1) is 28.9 Å². The maximum absolute atomic E-state index is 12.9. The van der Waals surface area contributed by atoms with Crippen molar-refractivity contribution in [2.24, 2.45) is 0 Å². The lowest BCUT2D eigenvalue weighted by Crippen LogP contribution is -2.12. The van der Waals surface area contributed by atoms with Crippen molar-refractivity contribution in [3.63, 3.8) is 0 Å². The summed E-state index contributed by atoms with van der Waals surface area (Å²) in [6.45, 7) is 5.27. The van der Waals surface area contributed by atoms with Crippen LogP contribution in [-0.2, 0) is 40.7 Å². The smallest absolute Gasteiger partial charge is 0.199 e. The van der Waals surface area contributed by atoms with Gasteiger partial charge in [-0.2, -0.15) is 0 Å². The van der Waals surface area contributed by atoms with E-state index >= 15 is 0 Å². The number of hydrogen-bond acceptors (Lipinski definition) is 3. The average molecular weight is 332 g/mol. The number of ether oxygens (including phenoxy) is 1. The summed E-state index contributed by atoms with van der Waals surface area (Å²) < 4.78 is 20.0. The molecular weight excluding hydrogens is 308 g/mol. The predicted molar refractivity (Wildman–Crippen MR) is 92.2 cm³/mol. The van der Waals surface area contributed by atoms with Crippen molar-refractivity contribution in [1.29, 1.82) is 0 Å². The number of methoxy groups -OCH3 is 1. The number of rotatable bonds is 6. The molecule has 0 saturated carbocycles. The lowest BCUT2D eigenvalue weighted by Gasteiger charge is -2.10. The molecule has 1 unspecified atom stereocenters. The van der Waals surface area contributed by atoms with Crippen molar-refractivity contribution in [2.75, 3.05) is 13.7 Å². The fourth-order valence-corrected chi connectivity index (χ4v) is 4.50. The molecule has 3 rings (SSSR count). The zero-order valence-corrected chi connectivity index (χ0v) is 14.9. The SMILES string of the molecule is COCCn1c(S(=O)Cc2ccc3c(c2)CCC3)nc(C)c1C. The van der Waals surface area contributed by atoms with Gasteiger partial charge in [0.25, 0.3) is 0 Å². The molecule has 0 spiro atoms. The fraction of sp³-hybridized carbons (Fsp3) is 0.500. The Kier molecular flexibility index (Phi) is 4.97. The minimum absolute atomic E-state index is 0.524. The van der Waals surface area contributed by atoms with E-state index in [0.717, 1.165) is 23.4 Å². The summed E-state index contributed by atoms with van der Waals surface area (Å²) in [5, 5.41) is 0.664. The van der Waals surface area contributed by atoms with Crippen LogP contribution in [0, 0.1) is 13.8 Å². The van der Waals surface area contributed by atoms with Crippen molar-refractivity contribution in [2.45, 2.75) is 50.6 Å². The highest BCUT2D eigenvalue weighted by molar-refractivity contribution is 7.84. The van der Waals surface area contributed by atoms with Gasteiger partial charge in [-0.05, 0) is 49.8 Å². The molecule has 124 valence electrons. The first-order valence-electron chi connectivity index (χ1n) is 8.12. The van der Waals surface area contributed by atoms with E-state index in [4.69, 9.17) is 4.74 Å². The summed E-state index contributed by atoms with van der Waals surface area (Å²) in [5.41, 5.74) is 6.03. The quantitative estimate of drug-likeness (QED) is 0.817. The Bertz CT molecular complexity index is 737. The molecule has 4 nitrogen and oxygen atoms in total. The molecule has 0 aliphatic heterocycles. The van der Waals surface area contributed by atoms with Crippen LogP contribution in [0.15, 0.2) is 23.4 Å². The maximum atomic E-state index is 12.9. The van der Waals surface area contributed by atoms with Gasteiger partial charge >= 0.3 is 0 Å². The Labute approximate surface area is 140 Å². The van der Waals surface area contributed by atoms with Crippen LogP contribution in [0.1, 0.15) is 34.5 Å². The standard InChI is InChI=1S/C18H24N2O2S/c1-13-14(2)20(9-10-22-3)18(19-13)23(21)12-15-7-8-16-5-4-6-17(16)11-15/h7-8,11H,4-6,9-10,12H2,1-3H3. The Morgan fingerprint density at radius 1 is 1.26 bits per heavy atom. The lowest BCUT2D eigenvalue weighted by molar-refractivity contribution is 0.184. The number of aromatic nitrogens is 2. The number of nitrogens with zero attached hydrogens (tertiary/aromatic N) is 2. The minimum atomic E-state index is -1.14. The molecule has 23 heavy (non-hydrogen) atoms. The third-order valence-corrected chi connectivity index (χ3v) is 5.92. The van der Waals surface area contributed by atoms with Crippen LogP contribution in [0.2, 0.25) is 0 Å². The van der Waals surface area contributed by atoms with Crippen molar-refractivity contribution in [1.82, 2.24) is 9.55 Å². The predicted octanol–water partition coefficient (Wildman–Crippen LogP) is 2.94. The number of fused-ring (bicyclic) bond motifs is 1. The van der Waals surface area contributed by atoms with E-state index in [0.29, 0.717) is 24.1 Å². The molecule has 1 atom stereocenters. The first-order valence-corrected chi connectivity index (χ1v) is 9.43. The first-order chi connectivity index (χ1) is 11.1. The Balaban J connectivity index is 1.82. The topological polar surface area (TPSA) is 44.1 Å². The monoisotopic (exact) mass is 332 g/mol. The molecular formula is C18H24N2O2S. The zero-order valence-electron chi connectivity index (χ0n) is 14.1. The maximum Gasteiger partial charge on any atom is 0.199 e. The van der Waals surface area contributed by atoms with E-state index in [1.165, 1.54) is 24.0 Å². The van der Waals surface area contributed by atoms with Crippen LogP contribution in [0.4, 0.5) is 0 Å². The molecule has 1 heterocycles. The summed E-state index contributed by atoms with van der Waals surface area (Å²) in [6.07, 6.45) is 3.57. The summed E-state index contributed by atoms with van der Waals surface area (Å²) in [5.74, 6) is 0.524. The van der Waals surface area contributed by atoms with E-state index in [9.17, 15) is 4.21 Å². The summed E-state index contributed by atoms with van der Waals surface area (Å²) in [4.78, 5) is 4.54. The van der Waals surface area contributed by atoms with Crippen molar-refractivity contribution >= 4 is 10.8 Å². The fourth-order valence-electron chi connectivity index (χ4n) is 3.17. The summed E-state index contributed by atoms with van der Waals surface area (Å²) in [6, 6.07) is 6.54. The third-order valence-electron chi connectivity index (χ3n) is 4.61. The van der Waals surface area contributed by atoms with Crippen LogP contribution >= 0.6 is 0 Å². The molecule has 0 fully saturated rings. The molecule has 0 amide bonds. The lowest BCUT2D eigenvalue weighted by atomic mass is 10.1. The second kappa shape index (κ2) is 6.97. The van der Waals surface area contributed by atoms with Crippen LogP contribution in [0.3, 0.4) is 0 Å². The largest absolute Gasteiger partial charge is 0.383 e. The highest BCUT2D eigenvalue weighted by Gasteiger charge is 2.18. The van der Waals surface area contributed by atoms with Gasteiger partial charge < -0.3 is 9.30 Å². The van der Waals surface area contributed by atoms with Gasteiger partial charge in [0, 0.05) is 19.3 Å². The van der Waals surface area contributed by atoms with Crippen LogP contribution in [0.5, 0.6) is 0 Å². The highest BCUT2D eigenvalue weighted by Crippen LogP contribution is 2.24. The second-order valence-corrected chi connectivity index (χ2v) is 7.50. The van der Waals surface area contributed by atoms with Crippen molar-refractivity contribution < 1.29 is 8.95 Å². The Morgan fingerprint density at radius 2 is 2.04 bits per heavy atom.